The van der Waals surface area contributed by atoms with E-state index in [0.717, 1.165) is 18.7 Å². The number of hydrogen-bond donors (Lipinski definition) is 1. The van der Waals surface area contributed by atoms with Gasteiger partial charge in [0, 0.05) is 37.3 Å². The molecule has 1 N–H and O–H groups in total. The van der Waals surface area contributed by atoms with Crippen molar-refractivity contribution >= 4 is 0 Å². The van der Waals surface area contributed by atoms with Gasteiger partial charge >= 0.3 is 0 Å². The van der Waals surface area contributed by atoms with Crippen LogP contribution >= 0.6 is 0 Å². The lowest BCUT2D eigenvalue weighted by atomic mass is 10.1. The molecule has 0 aliphatic heterocycles. The van der Waals surface area contributed by atoms with Crippen molar-refractivity contribution in [2.45, 2.75) is 40.2 Å². The second-order valence-corrected chi connectivity index (χ2v) is 4.87. The van der Waals surface area contributed by atoms with Gasteiger partial charge in [-0.15, -0.1) is 0 Å². The predicted octanol–water partition coefficient (Wildman–Crippen LogP) is 1.62. The van der Waals surface area contributed by atoms with Crippen molar-refractivity contribution in [1.29, 1.82) is 0 Å². The second-order valence-electron chi connectivity index (χ2n) is 4.87. The summed E-state index contributed by atoms with van der Waals surface area (Å²) in [7, 11) is 1.97. The Balaban J connectivity index is 1.92. The number of rotatable bonds is 5. The maximum absolute atomic E-state index is 5.09. The van der Waals surface area contributed by atoms with Crippen molar-refractivity contribution in [3.63, 3.8) is 0 Å². The van der Waals surface area contributed by atoms with Crippen molar-refractivity contribution in [1.82, 2.24) is 25.2 Å². The maximum atomic E-state index is 5.09. The van der Waals surface area contributed by atoms with Crippen LogP contribution in [0.3, 0.4) is 0 Å². The van der Waals surface area contributed by atoms with Gasteiger partial charge in [0.25, 0.3) is 0 Å². The van der Waals surface area contributed by atoms with Crippen LogP contribution in [0.1, 0.15) is 41.6 Å². The van der Waals surface area contributed by atoms with E-state index >= 15 is 0 Å². The Bertz CT molecular complexity index is 557. The SMILES string of the molecule is Cc1noc(CCNC(C)c2c(C)nn(C)c2C)n1. The molecule has 0 spiro atoms. The van der Waals surface area contributed by atoms with Crippen molar-refractivity contribution in [2.75, 3.05) is 6.54 Å². The summed E-state index contributed by atoms with van der Waals surface area (Å²) in [6.45, 7) is 8.91. The number of hydrogen-bond acceptors (Lipinski definition) is 5. The molecule has 2 aromatic rings. The van der Waals surface area contributed by atoms with E-state index in [2.05, 4.69) is 34.4 Å². The Kier molecular flexibility index (Phi) is 3.99. The fourth-order valence-electron chi connectivity index (χ4n) is 2.36. The van der Waals surface area contributed by atoms with Crippen LogP contribution in [0, 0.1) is 20.8 Å². The molecule has 1 atom stereocenters. The van der Waals surface area contributed by atoms with Crippen LogP contribution < -0.4 is 5.32 Å². The highest BCUT2D eigenvalue weighted by Gasteiger charge is 2.15. The van der Waals surface area contributed by atoms with E-state index in [1.54, 1.807) is 0 Å². The summed E-state index contributed by atoms with van der Waals surface area (Å²) in [5.74, 6) is 1.36. The Hall–Kier alpha value is -1.69. The summed E-state index contributed by atoms with van der Waals surface area (Å²) in [6, 6.07) is 0.262. The molecule has 6 nitrogen and oxygen atoms in total. The van der Waals surface area contributed by atoms with Crippen molar-refractivity contribution in [3.05, 3.63) is 28.7 Å². The van der Waals surface area contributed by atoms with Crippen molar-refractivity contribution < 1.29 is 4.52 Å². The van der Waals surface area contributed by atoms with Crippen molar-refractivity contribution in [3.8, 4) is 0 Å². The van der Waals surface area contributed by atoms with Crippen LogP contribution in [-0.4, -0.2) is 26.5 Å². The third-order valence-corrected chi connectivity index (χ3v) is 3.36. The molecule has 0 bridgehead atoms. The van der Waals surface area contributed by atoms with Gasteiger partial charge in [-0.1, -0.05) is 5.16 Å². The summed E-state index contributed by atoms with van der Waals surface area (Å²) in [5.41, 5.74) is 3.55. The number of nitrogens with one attached hydrogen (secondary N) is 1. The standard InChI is InChI=1S/C13H21N5O/c1-8(13-9(2)16-18(5)10(13)3)14-7-6-12-15-11(4)17-19-12/h8,14H,6-7H2,1-5H3. The third-order valence-electron chi connectivity index (χ3n) is 3.36. The van der Waals surface area contributed by atoms with E-state index in [-0.39, 0.29) is 6.04 Å². The normalized spacial score (nSPS) is 12.9. The smallest absolute Gasteiger partial charge is 0.227 e. The average Bonchev–Trinajstić information content (AvgIpc) is 2.84. The zero-order valence-corrected chi connectivity index (χ0v) is 12.2. The van der Waals surface area contributed by atoms with E-state index in [4.69, 9.17) is 4.52 Å². The molecule has 0 aliphatic carbocycles. The molecule has 2 rings (SSSR count). The summed E-state index contributed by atoms with van der Waals surface area (Å²) in [6.07, 6.45) is 0.740. The summed E-state index contributed by atoms with van der Waals surface area (Å²) >= 11 is 0. The first-order chi connectivity index (χ1) is 8.99. The van der Waals surface area contributed by atoms with Gasteiger partial charge < -0.3 is 9.84 Å². The number of aromatic nitrogens is 4. The Morgan fingerprint density at radius 3 is 2.58 bits per heavy atom. The second kappa shape index (κ2) is 5.52. The molecular formula is C13H21N5O. The molecule has 0 saturated carbocycles. The quantitative estimate of drug-likeness (QED) is 0.887. The van der Waals surface area contributed by atoms with Crippen LogP contribution in [0.4, 0.5) is 0 Å². The van der Waals surface area contributed by atoms with Crippen molar-refractivity contribution in [2.24, 2.45) is 7.05 Å². The lowest BCUT2D eigenvalue weighted by Gasteiger charge is -2.13. The van der Waals surface area contributed by atoms with Gasteiger partial charge in [0.15, 0.2) is 5.82 Å². The zero-order valence-electron chi connectivity index (χ0n) is 12.2. The van der Waals surface area contributed by atoms with Gasteiger partial charge in [-0.2, -0.15) is 10.1 Å². The van der Waals surface area contributed by atoms with Crippen LogP contribution in [-0.2, 0) is 13.5 Å². The zero-order chi connectivity index (χ0) is 14.0. The number of aryl methyl sites for hydroxylation is 3. The first kappa shape index (κ1) is 13.7. The monoisotopic (exact) mass is 263 g/mol. The van der Waals surface area contributed by atoms with E-state index in [0.29, 0.717) is 11.7 Å². The first-order valence-electron chi connectivity index (χ1n) is 6.51. The Morgan fingerprint density at radius 1 is 1.32 bits per heavy atom. The van der Waals surface area contributed by atoms with Gasteiger partial charge in [0.1, 0.15) is 0 Å². The summed E-state index contributed by atoms with van der Waals surface area (Å²) < 4.78 is 7.01. The first-order valence-corrected chi connectivity index (χ1v) is 6.51. The molecule has 104 valence electrons. The Labute approximate surface area is 113 Å². The number of nitrogens with zero attached hydrogens (tertiary/aromatic N) is 4. The van der Waals surface area contributed by atoms with Crippen LogP contribution in [0.25, 0.3) is 0 Å². The molecule has 19 heavy (non-hydrogen) atoms. The molecule has 1 unspecified atom stereocenters. The van der Waals surface area contributed by atoms with E-state index in [1.165, 1.54) is 11.3 Å². The largest absolute Gasteiger partial charge is 0.339 e. The minimum Gasteiger partial charge on any atom is -0.339 e. The molecular weight excluding hydrogens is 242 g/mol. The van der Waals surface area contributed by atoms with E-state index < -0.39 is 0 Å². The summed E-state index contributed by atoms with van der Waals surface area (Å²) in [4.78, 5) is 4.19. The maximum Gasteiger partial charge on any atom is 0.227 e. The molecule has 2 heterocycles. The lowest BCUT2D eigenvalue weighted by Crippen LogP contribution is -2.22. The van der Waals surface area contributed by atoms with Gasteiger partial charge in [-0.25, -0.2) is 0 Å². The predicted molar refractivity (Wildman–Crippen MR) is 71.8 cm³/mol. The van der Waals surface area contributed by atoms with Gasteiger partial charge in [-0.3, -0.25) is 4.68 Å². The minimum atomic E-state index is 0.262. The molecule has 0 aromatic carbocycles. The molecule has 0 aliphatic rings. The molecule has 0 amide bonds. The van der Waals surface area contributed by atoms with E-state index in [1.807, 2.05) is 25.6 Å². The molecule has 0 fully saturated rings. The highest BCUT2D eigenvalue weighted by Crippen LogP contribution is 2.20. The molecule has 0 radical (unpaired) electrons. The van der Waals surface area contributed by atoms with Crippen LogP contribution in [0.2, 0.25) is 0 Å². The molecule has 2 aromatic heterocycles. The fraction of sp³-hybridized carbons (Fsp3) is 0.615. The molecule has 6 heteroatoms. The highest BCUT2D eigenvalue weighted by atomic mass is 16.5. The van der Waals surface area contributed by atoms with Gasteiger partial charge in [0.2, 0.25) is 5.89 Å². The summed E-state index contributed by atoms with van der Waals surface area (Å²) in [5, 5.41) is 11.7. The highest BCUT2D eigenvalue weighted by molar-refractivity contribution is 5.27. The van der Waals surface area contributed by atoms with Crippen LogP contribution in [0.5, 0.6) is 0 Å². The van der Waals surface area contributed by atoms with Gasteiger partial charge in [0.05, 0.1) is 5.69 Å². The Morgan fingerprint density at radius 2 is 2.05 bits per heavy atom. The average molecular weight is 263 g/mol. The third kappa shape index (κ3) is 3.01. The lowest BCUT2D eigenvalue weighted by molar-refractivity contribution is 0.370. The topological polar surface area (TPSA) is 68.8 Å². The van der Waals surface area contributed by atoms with Crippen LogP contribution in [0.15, 0.2) is 4.52 Å². The van der Waals surface area contributed by atoms with E-state index in [9.17, 15) is 0 Å². The fourth-order valence-corrected chi connectivity index (χ4v) is 2.36. The minimum absolute atomic E-state index is 0.262. The van der Waals surface area contributed by atoms with Gasteiger partial charge in [-0.05, 0) is 27.7 Å². The molecule has 0 saturated heterocycles.